The van der Waals surface area contributed by atoms with Crippen molar-refractivity contribution in [2.45, 2.75) is 25.9 Å². The van der Waals surface area contributed by atoms with Crippen molar-refractivity contribution in [1.82, 2.24) is 14.8 Å². The predicted octanol–water partition coefficient (Wildman–Crippen LogP) is 4.73. The van der Waals surface area contributed by atoms with Gasteiger partial charge in [0, 0.05) is 10.9 Å². The molecule has 0 amide bonds. The van der Waals surface area contributed by atoms with Crippen molar-refractivity contribution in [2.75, 3.05) is 0 Å². The lowest BCUT2D eigenvalue weighted by Gasteiger charge is -2.13. The Balaban J connectivity index is 2.68. The van der Waals surface area contributed by atoms with E-state index >= 15 is 0 Å². The van der Waals surface area contributed by atoms with Gasteiger partial charge in [0.25, 0.3) is 0 Å². The lowest BCUT2D eigenvalue weighted by atomic mass is 10.1. The Morgan fingerprint density at radius 3 is 2.50 bits per heavy atom. The molecule has 0 aliphatic rings. The van der Waals surface area contributed by atoms with Crippen LogP contribution in [-0.4, -0.2) is 14.8 Å². The molecule has 0 radical (unpaired) electrons. The second-order valence-electron chi connectivity index (χ2n) is 4.57. The van der Waals surface area contributed by atoms with Gasteiger partial charge in [0.1, 0.15) is 5.82 Å². The Morgan fingerprint density at radius 2 is 1.95 bits per heavy atom. The molecule has 108 valence electrons. The summed E-state index contributed by atoms with van der Waals surface area (Å²) in [5, 5.41) is 6.61. The van der Waals surface area contributed by atoms with E-state index in [1.807, 2.05) is 13.8 Å². The molecule has 1 aromatic carbocycles. The SMILES string of the molecule is CC(C)c1n[nH]c(=S)n1-c1cc(Cl)cc(C(F)(F)F)c1. The fourth-order valence-corrected chi connectivity index (χ4v) is 2.29. The summed E-state index contributed by atoms with van der Waals surface area (Å²) in [5.74, 6) is 0.543. The van der Waals surface area contributed by atoms with Gasteiger partial charge in [-0.3, -0.25) is 9.67 Å². The number of benzene rings is 1. The molecule has 0 saturated carbocycles. The van der Waals surface area contributed by atoms with Crippen molar-refractivity contribution in [3.63, 3.8) is 0 Å². The average molecular weight is 322 g/mol. The van der Waals surface area contributed by atoms with E-state index in [0.29, 0.717) is 5.82 Å². The molecule has 2 rings (SSSR count). The average Bonchev–Trinajstić information content (AvgIpc) is 2.69. The molecular weight excluding hydrogens is 311 g/mol. The van der Waals surface area contributed by atoms with E-state index in [0.717, 1.165) is 12.1 Å². The molecule has 1 heterocycles. The molecule has 1 aromatic heterocycles. The summed E-state index contributed by atoms with van der Waals surface area (Å²) < 4.78 is 40.2. The molecule has 0 aliphatic heterocycles. The van der Waals surface area contributed by atoms with Crippen LogP contribution in [0.5, 0.6) is 0 Å². The summed E-state index contributed by atoms with van der Waals surface area (Å²) in [7, 11) is 0. The van der Waals surface area contributed by atoms with E-state index < -0.39 is 11.7 Å². The third-order valence-corrected chi connectivity index (χ3v) is 3.17. The van der Waals surface area contributed by atoms with Gasteiger partial charge in [-0.15, -0.1) is 0 Å². The van der Waals surface area contributed by atoms with Crippen LogP contribution in [0.25, 0.3) is 5.69 Å². The zero-order chi connectivity index (χ0) is 15.1. The monoisotopic (exact) mass is 321 g/mol. The second kappa shape index (κ2) is 5.21. The summed E-state index contributed by atoms with van der Waals surface area (Å²) in [6.07, 6.45) is -4.47. The molecule has 2 aromatic rings. The third kappa shape index (κ3) is 2.88. The molecule has 0 aliphatic carbocycles. The van der Waals surface area contributed by atoms with E-state index in [1.54, 1.807) is 0 Å². The zero-order valence-corrected chi connectivity index (χ0v) is 12.2. The van der Waals surface area contributed by atoms with Gasteiger partial charge in [-0.05, 0) is 30.4 Å². The number of nitrogens with zero attached hydrogens (tertiary/aromatic N) is 2. The first-order valence-corrected chi connectivity index (χ1v) is 6.54. The molecule has 0 spiro atoms. The fraction of sp³-hybridized carbons (Fsp3) is 0.333. The minimum Gasteiger partial charge on any atom is -0.272 e. The van der Waals surface area contributed by atoms with Crippen molar-refractivity contribution in [3.8, 4) is 5.69 Å². The molecule has 0 atom stereocenters. The zero-order valence-electron chi connectivity index (χ0n) is 10.6. The van der Waals surface area contributed by atoms with Crippen LogP contribution in [0, 0.1) is 4.77 Å². The Labute approximate surface area is 123 Å². The van der Waals surface area contributed by atoms with Gasteiger partial charge in [-0.25, -0.2) is 0 Å². The number of aromatic amines is 1. The van der Waals surface area contributed by atoms with Crippen LogP contribution in [-0.2, 0) is 6.18 Å². The number of nitrogens with one attached hydrogen (secondary N) is 1. The number of halogens is 4. The maximum Gasteiger partial charge on any atom is 0.416 e. The highest BCUT2D eigenvalue weighted by Gasteiger charge is 2.31. The maximum atomic E-state index is 12.8. The van der Waals surface area contributed by atoms with Gasteiger partial charge < -0.3 is 0 Å². The summed E-state index contributed by atoms with van der Waals surface area (Å²) in [6.45, 7) is 3.74. The highest BCUT2D eigenvalue weighted by atomic mass is 35.5. The topological polar surface area (TPSA) is 33.6 Å². The van der Waals surface area contributed by atoms with Crippen molar-refractivity contribution >= 4 is 23.8 Å². The number of hydrogen-bond donors (Lipinski definition) is 1. The molecular formula is C12H11ClF3N3S. The largest absolute Gasteiger partial charge is 0.416 e. The molecule has 0 bridgehead atoms. The number of alkyl halides is 3. The van der Waals surface area contributed by atoms with Gasteiger partial charge in [0.15, 0.2) is 4.77 Å². The van der Waals surface area contributed by atoms with E-state index in [9.17, 15) is 13.2 Å². The molecule has 20 heavy (non-hydrogen) atoms. The van der Waals surface area contributed by atoms with Gasteiger partial charge in [0.05, 0.1) is 11.3 Å². The lowest BCUT2D eigenvalue weighted by Crippen LogP contribution is -2.08. The minimum absolute atomic E-state index is 0.00346. The standard InChI is InChI=1S/C12H11ClF3N3S/c1-6(2)10-17-18-11(20)19(10)9-4-7(12(14,15)16)3-8(13)5-9/h3-6H,1-2H3,(H,18,20). The summed E-state index contributed by atoms with van der Waals surface area (Å²) >= 11 is 10.9. The molecule has 8 heteroatoms. The Bertz CT molecular complexity index is 688. The molecule has 0 saturated heterocycles. The maximum absolute atomic E-state index is 12.8. The predicted molar refractivity (Wildman–Crippen MR) is 72.8 cm³/mol. The van der Waals surface area contributed by atoms with Crippen molar-refractivity contribution in [1.29, 1.82) is 0 Å². The Hall–Kier alpha value is -1.34. The lowest BCUT2D eigenvalue weighted by molar-refractivity contribution is -0.137. The van der Waals surface area contributed by atoms with E-state index in [-0.39, 0.29) is 21.4 Å². The number of H-pyrrole nitrogens is 1. The van der Waals surface area contributed by atoms with Crippen LogP contribution in [0.1, 0.15) is 31.2 Å². The quantitative estimate of drug-likeness (QED) is 0.812. The first kappa shape index (κ1) is 15.1. The van der Waals surface area contributed by atoms with Crippen molar-refractivity contribution in [3.05, 3.63) is 39.4 Å². The van der Waals surface area contributed by atoms with Crippen LogP contribution < -0.4 is 0 Å². The van der Waals surface area contributed by atoms with Gasteiger partial charge in [-0.1, -0.05) is 25.4 Å². The first-order valence-electron chi connectivity index (χ1n) is 5.75. The number of aromatic nitrogens is 3. The summed E-state index contributed by atoms with van der Waals surface area (Å²) in [4.78, 5) is 0. The summed E-state index contributed by atoms with van der Waals surface area (Å²) in [6, 6.07) is 3.31. The first-order chi connectivity index (χ1) is 9.20. The van der Waals surface area contributed by atoms with Crippen LogP contribution in [0.3, 0.4) is 0 Å². The summed E-state index contributed by atoms with van der Waals surface area (Å²) in [5.41, 5.74) is -0.579. The van der Waals surface area contributed by atoms with E-state index in [1.165, 1.54) is 10.6 Å². The second-order valence-corrected chi connectivity index (χ2v) is 5.40. The molecule has 0 unspecified atom stereocenters. The van der Waals surface area contributed by atoms with Gasteiger partial charge in [0.2, 0.25) is 0 Å². The number of rotatable bonds is 2. The highest BCUT2D eigenvalue weighted by molar-refractivity contribution is 7.71. The van der Waals surface area contributed by atoms with Crippen LogP contribution in [0.4, 0.5) is 13.2 Å². The third-order valence-electron chi connectivity index (χ3n) is 2.68. The molecule has 3 nitrogen and oxygen atoms in total. The van der Waals surface area contributed by atoms with Crippen molar-refractivity contribution < 1.29 is 13.2 Å². The Morgan fingerprint density at radius 1 is 1.30 bits per heavy atom. The van der Waals surface area contributed by atoms with Gasteiger partial charge in [-0.2, -0.15) is 18.3 Å². The van der Waals surface area contributed by atoms with E-state index in [4.69, 9.17) is 23.8 Å². The van der Waals surface area contributed by atoms with Crippen LogP contribution in [0.2, 0.25) is 5.02 Å². The normalized spacial score (nSPS) is 12.2. The van der Waals surface area contributed by atoms with Crippen LogP contribution in [0.15, 0.2) is 18.2 Å². The Kier molecular flexibility index (Phi) is 3.93. The van der Waals surface area contributed by atoms with Crippen molar-refractivity contribution in [2.24, 2.45) is 0 Å². The highest BCUT2D eigenvalue weighted by Crippen LogP contribution is 2.33. The van der Waals surface area contributed by atoms with E-state index in [2.05, 4.69) is 10.2 Å². The molecule has 0 fully saturated rings. The van der Waals surface area contributed by atoms with Crippen LogP contribution >= 0.6 is 23.8 Å². The molecule has 1 N–H and O–H groups in total. The van der Waals surface area contributed by atoms with Gasteiger partial charge >= 0.3 is 6.18 Å². The minimum atomic E-state index is -4.47. The smallest absolute Gasteiger partial charge is 0.272 e. The number of hydrogen-bond acceptors (Lipinski definition) is 2. The fourth-order valence-electron chi connectivity index (χ4n) is 1.81.